The molecular formula is C20H30N4O2. The van der Waals surface area contributed by atoms with Crippen molar-refractivity contribution < 1.29 is 9.90 Å². The summed E-state index contributed by atoms with van der Waals surface area (Å²) in [6.45, 7) is 4.63. The average molecular weight is 358 g/mol. The fraction of sp³-hybridized carbons (Fsp3) is 0.750. The van der Waals surface area contributed by atoms with E-state index >= 15 is 0 Å². The number of carbonyl (C=O) groups excluding carboxylic acids is 1. The van der Waals surface area contributed by atoms with Gasteiger partial charge in [0.1, 0.15) is 0 Å². The van der Waals surface area contributed by atoms with Crippen LogP contribution in [0.3, 0.4) is 0 Å². The van der Waals surface area contributed by atoms with Crippen LogP contribution in [0.1, 0.15) is 57.4 Å². The van der Waals surface area contributed by atoms with E-state index in [2.05, 4.69) is 26.7 Å². The zero-order valence-corrected chi connectivity index (χ0v) is 15.7. The maximum atomic E-state index is 13.3. The van der Waals surface area contributed by atoms with Crippen molar-refractivity contribution in [1.29, 1.82) is 0 Å². The number of amides is 1. The van der Waals surface area contributed by atoms with E-state index in [1.807, 2.05) is 12.4 Å². The number of hydrogen-bond acceptors (Lipinski definition) is 5. The second-order valence-electron chi connectivity index (χ2n) is 8.26. The number of anilines is 1. The molecule has 26 heavy (non-hydrogen) atoms. The molecule has 4 rings (SSSR count). The summed E-state index contributed by atoms with van der Waals surface area (Å²) in [5.74, 6) is 1.09. The molecule has 3 fully saturated rings. The number of likely N-dealkylation sites (tertiary alicyclic amines) is 1. The fourth-order valence-electron chi connectivity index (χ4n) is 4.94. The number of nitrogens with zero attached hydrogens (tertiary/aromatic N) is 4. The van der Waals surface area contributed by atoms with Crippen molar-refractivity contribution in [2.75, 3.05) is 24.5 Å². The lowest BCUT2D eigenvalue weighted by Crippen LogP contribution is -2.50. The molecular weight excluding hydrogens is 328 g/mol. The minimum absolute atomic E-state index is 0.175. The van der Waals surface area contributed by atoms with E-state index in [-0.39, 0.29) is 11.5 Å². The summed E-state index contributed by atoms with van der Waals surface area (Å²) < 4.78 is 0. The van der Waals surface area contributed by atoms with Gasteiger partial charge >= 0.3 is 0 Å². The van der Waals surface area contributed by atoms with Gasteiger partial charge in [-0.05, 0) is 56.9 Å². The van der Waals surface area contributed by atoms with Crippen molar-refractivity contribution in [3.05, 3.63) is 18.0 Å². The first-order valence-corrected chi connectivity index (χ1v) is 10.2. The first-order chi connectivity index (χ1) is 12.6. The Morgan fingerprint density at radius 3 is 2.58 bits per heavy atom. The summed E-state index contributed by atoms with van der Waals surface area (Å²) in [6.07, 6.45) is 11.0. The Morgan fingerprint density at radius 1 is 1.15 bits per heavy atom. The van der Waals surface area contributed by atoms with Gasteiger partial charge < -0.3 is 14.9 Å². The van der Waals surface area contributed by atoms with Gasteiger partial charge in [0.05, 0.1) is 11.5 Å². The van der Waals surface area contributed by atoms with Gasteiger partial charge in [-0.1, -0.05) is 6.92 Å². The molecule has 0 aromatic carbocycles. The van der Waals surface area contributed by atoms with E-state index in [1.165, 1.54) is 0 Å². The molecule has 0 bridgehead atoms. The highest BCUT2D eigenvalue weighted by Gasteiger charge is 2.50. The first kappa shape index (κ1) is 17.7. The molecule has 1 aromatic rings. The van der Waals surface area contributed by atoms with Crippen molar-refractivity contribution in [1.82, 2.24) is 14.9 Å². The summed E-state index contributed by atoms with van der Waals surface area (Å²) >= 11 is 0. The summed E-state index contributed by atoms with van der Waals surface area (Å²) in [7, 11) is 0. The van der Waals surface area contributed by atoms with Gasteiger partial charge in [-0.2, -0.15) is 0 Å². The molecule has 6 nitrogen and oxygen atoms in total. The molecule has 3 aliphatic rings. The Bertz CT molecular complexity index is 642. The van der Waals surface area contributed by atoms with Crippen LogP contribution in [0.2, 0.25) is 0 Å². The maximum Gasteiger partial charge on any atom is 0.230 e. The molecule has 2 saturated heterocycles. The Hall–Kier alpha value is -1.69. The number of aromatic nitrogens is 2. The molecule has 1 N–H and O–H groups in total. The highest BCUT2D eigenvalue weighted by Crippen LogP contribution is 2.43. The van der Waals surface area contributed by atoms with Gasteiger partial charge in [0.15, 0.2) is 0 Å². The zero-order chi connectivity index (χ0) is 18.1. The Balaban J connectivity index is 1.46. The predicted molar refractivity (Wildman–Crippen MR) is 99.9 cm³/mol. The van der Waals surface area contributed by atoms with Gasteiger partial charge in [-0.25, -0.2) is 9.97 Å². The monoisotopic (exact) mass is 358 g/mol. The second-order valence-corrected chi connectivity index (χ2v) is 8.26. The van der Waals surface area contributed by atoms with Crippen LogP contribution in [0.4, 0.5) is 5.95 Å². The van der Waals surface area contributed by atoms with Crippen molar-refractivity contribution in [3.8, 4) is 0 Å². The minimum Gasteiger partial charge on any atom is -0.393 e. The topological polar surface area (TPSA) is 69.6 Å². The van der Waals surface area contributed by atoms with Crippen LogP contribution in [-0.2, 0) is 11.2 Å². The maximum absolute atomic E-state index is 13.3. The fourth-order valence-corrected chi connectivity index (χ4v) is 4.94. The Kier molecular flexibility index (Phi) is 4.86. The highest BCUT2D eigenvalue weighted by molar-refractivity contribution is 5.86. The largest absolute Gasteiger partial charge is 0.393 e. The molecule has 0 radical (unpaired) electrons. The SMILES string of the molecule is CCc1cnc(N2CCC[C@@]3(CCN(C4CCC(O)CC4)C3=O)C2)nc1. The molecule has 1 aromatic heterocycles. The van der Waals surface area contributed by atoms with E-state index in [9.17, 15) is 9.90 Å². The van der Waals surface area contributed by atoms with Crippen LogP contribution in [0.25, 0.3) is 0 Å². The highest BCUT2D eigenvalue weighted by atomic mass is 16.3. The molecule has 0 unspecified atom stereocenters. The molecule has 1 saturated carbocycles. The van der Waals surface area contributed by atoms with Gasteiger partial charge in [0.25, 0.3) is 0 Å². The lowest BCUT2D eigenvalue weighted by Gasteiger charge is -2.40. The first-order valence-electron chi connectivity index (χ1n) is 10.2. The lowest BCUT2D eigenvalue weighted by atomic mass is 9.78. The standard InChI is InChI=1S/C20H30N4O2/c1-2-15-12-21-19(22-13-15)23-10-3-8-20(14-23)9-11-24(18(20)26)16-4-6-17(25)7-5-16/h12-13,16-17,25H,2-11,14H2,1H3/t16?,17?,20-/m1/s1. The molecule has 1 atom stereocenters. The molecule has 1 amide bonds. The van der Waals surface area contributed by atoms with Crippen molar-refractivity contribution in [3.63, 3.8) is 0 Å². The number of aliphatic hydroxyl groups excluding tert-OH is 1. The second kappa shape index (κ2) is 7.14. The number of piperidine rings is 1. The van der Waals surface area contributed by atoms with Crippen molar-refractivity contribution in [2.24, 2.45) is 5.41 Å². The summed E-state index contributed by atoms with van der Waals surface area (Å²) in [6, 6.07) is 0.320. The van der Waals surface area contributed by atoms with Crippen LogP contribution < -0.4 is 4.90 Å². The van der Waals surface area contributed by atoms with Crippen LogP contribution in [-0.4, -0.2) is 57.7 Å². The van der Waals surface area contributed by atoms with E-state index in [0.717, 1.165) is 82.5 Å². The van der Waals surface area contributed by atoms with E-state index in [4.69, 9.17) is 0 Å². The average Bonchev–Trinajstić information content (AvgIpc) is 2.98. The smallest absolute Gasteiger partial charge is 0.230 e. The van der Waals surface area contributed by atoms with Crippen LogP contribution >= 0.6 is 0 Å². The van der Waals surface area contributed by atoms with Crippen LogP contribution in [0.5, 0.6) is 0 Å². The Morgan fingerprint density at radius 2 is 1.88 bits per heavy atom. The summed E-state index contributed by atoms with van der Waals surface area (Å²) in [5, 5.41) is 9.75. The number of carbonyl (C=O) groups is 1. The normalized spacial score (nSPS) is 32.5. The molecule has 3 heterocycles. The van der Waals surface area contributed by atoms with E-state index in [0.29, 0.717) is 11.9 Å². The van der Waals surface area contributed by atoms with Gasteiger partial charge in [-0.3, -0.25) is 4.79 Å². The van der Waals surface area contributed by atoms with E-state index < -0.39 is 0 Å². The minimum atomic E-state index is -0.263. The number of hydrogen-bond donors (Lipinski definition) is 1. The van der Waals surface area contributed by atoms with Crippen molar-refractivity contribution in [2.45, 2.75) is 70.4 Å². The van der Waals surface area contributed by atoms with E-state index in [1.54, 1.807) is 0 Å². The quantitative estimate of drug-likeness (QED) is 0.897. The van der Waals surface area contributed by atoms with Gasteiger partial charge in [0, 0.05) is 38.1 Å². The lowest BCUT2D eigenvalue weighted by molar-refractivity contribution is -0.139. The summed E-state index contributed by atoms with van der Waals surface area (Å²) in [4.78, 5) is 26.7. The van der Waals surface area contributed by atoms with Gasteiger partial charge in [-0.15, -0.1) is 0 Å². The summed E-state index contributed by atoms with van der Waals surface area (Å²) in [5.41, 5.74) is 0.879. The number of aliphatic hydroxyl groups is 1. The third kappa shape index (κ3) is 3.20. The van der Waals surface area contributed by atoms with Crippen molar-refractivity contribution >= 4 is 11.9 Å². The third-order valence-corrected chi connectivity index (χ3v) is 6.61. The molecule has 1 aliphatic carbocycles. The number of aryl methyl sites for hydroxylation is 1. The van der Waals surface area contributed by atoms with Crippen LogP contribution in [0.15, 0.2) is 12.4 Å². The van der Waals surface area contributed by atoms with Crippen LogP contribution in [0, 0.1) is 5.41 Å². The molecule has 6 heteroatoms. The van der Waals surface area contributed by atoms with Gasteiger partial charge in [0.2, 0.25) is 11.9 Å². The Labute approximate surface area is 155 Å². The third-order valence-electron chi connectivity index (χ3n) is 6.61. The molecule has 2 aliphatic heterocycles. The molecule has 142 valence electrons. The predicted octanol–water partition coefficient (Wildman–Crippen LogP) is 2.16. The zero-order valence-electron chi connectivity index (χ0n) is 15.7. The number of rotatable bonds is 3. The molecule has 1 spiro atoms.